The average molecular weight is 323 g/mol. The molecule has 0 saturated heterocycles. The van der Waals surface area contributed by atoms with Crippen LogP contribution in [0.15, 0.2) is 18.2 Å². The topological polar surface area (TPSA) is 20.7 Å². The molecule has 1 aliphatic carbocycles. The zero-order chi connectivity index (χ0) is 15.0. The van der Waals surface area contributed by atoms with E-state index in [9.17, 15) is 0 Å². The summed E-state index contributed by atoms with van der Waals surface area (Å²) < 4.78 is 3.11. The molecule has 1 aliphatic rings. The van der Waals surface area contributed by atoms with E-state index in [-0.39, 0.29) is 0 Å². The highest BCUT2D eigenvalue weighted by Gasteiger charge is 2.35. The van der Waals surface area contributed by atoms with Crippen LogP contribution in [0, 0.1) is 16.1 Å². The Balaban J connectivity index is 2.00. The Bertz CT molecular complexity index is 692. The van der Waals surface area contributed by atoms with Crippen LogP contribution in [0.25, 0.3) is 11.0 Å². The van der Waals surface area contributed by atoms with Crippen molar-refractivity contribution in [2.75, 3.05) is 0 Å². The fraction of sp³-hybridized carbons (Fsp3) is 0.588. The summed E-state index contributed by atoms with van der Waals surface area (Å²) in [6.07, 6.45) is 6.65. The number of fused-ring (bicyclic) bond motifs is 1. The zero-order valence-corrected chi connectivity index (χ0v) is 14.4. The molecule has 0 radical (unpaired) electrons. The van der Waals surface area contributed by atoms with Crippen LogP contribution >= 0.6 is 23.8 Å². The minimum atomic E-state index is 0.418. The van der Waals surface area contributed by atoms with E-state index < -0.39 is 0 Å². The average Bonchev–Trinajstić information content (AvgIpc) is 2.95. The number of imidazole rings is 1. The van der Waals surface area contributed by atoms with Gasteiger partial charge in [0, 0.05) is 11.6 Å². The molecule has 3 rings (SSSR count). The molecule has 1 aromatic heterocycles. The molecule has 0 unspecified atom stereocenters. The van der Waals surface area contributed by atoms with E-state index in [1.54, 1.807) is 0 Å². The molecule has 1 fully saturated rings. The fourth-order valence-corrected chi connectivity index (χ4v) is 4.49. The largest absolute Gasteiger partial charge is 0.331 e. The van der Waals surface area contributed by atoms with Gasteiger partial charge in [0.2, 0.25) is 0 Å². The number of nitrogens with one attached hydrogen (secondary N) is 1. The van der Waals surface area contributed by atoms with E-state index in [1.165, 1.54) is 37.6 Å². The summed E-state index contributed by atoms with van der Waals surface area (Å²) in [5.74, 6) is 0.733. The molecule has 0 atom stereocenters. The summed E-state index contributed by atoms with van der Waals surface area (Å²) in [5, 5.41) is 0.753. The third kappa shape index (κ3) is 3.04. The Kier molecular flexibility index (Phi) is 4.15. The maximum atomic E-state index is 6.08. The quantitative estimate of drug-likeness (QED) is 0.689. The zero-order valence-electron chi connectivity index (χ0n) is 12.8. The standard InChI is InChI=1S/C17H23ClN2S/c1-12(2)10-17(7-3-4-8-17)11-20-15-6-5-13(18)9-14(15)19-16(20)21/h5-6,9,12H,3-4,7-8,10-11H2,1-2H3,(H,19,21). The maximum absolute atomic E-state index is 6.08. The number of nitrogens with zero attached hydrogens (tertiary/aromatic N) is 1. The minimum absolute atomic E-state index is 0.418. The molecule has 0 bridgehead atoms. The molecule has 0 aliphatic heterocycles. The molecular weight excluding hydrogens is 300 g/mol. The number of halogens is 1. The summed E-state index contributed by atoms with van der Waals surface area (Å²) in [4.78, 5) is 3.31. The Morgan fingerprint density at radius 2 is 2.05 bits per heavy atom. The number of aromatic nitrogens is 2. The highest BCUT2D eigenvalue weighted by Crippen LogP contribution is 2.45. The molecule has 1 N–H and O–H groups in total. The number of hydrogen-bond donors (Lipinski definition) is 1. The van der Waals surface area contributed by atoms with Crippen LogP contribution in [0.2, 0.25) is 5.02 Å². The summed E-state index contributed by atoms with van der Waals surface area (Å²) in [7, 11) is 0. The van der Waals surface area contributed by atoms with Crippen LogP contribution in [0.4, 0.5) is 0 Å². The summed E-state index contributed by atoms with van der Waals surface area (Å²) >= 11 is 11.6. The number of benzene rings is 1. The maximum Gasteiger partial charge on any atom is 0.178 e. The lowest BCUT2D eigenvalue weighted by Gasteiger charge is -2.31. The van der Waals surface area contributed by atoms with Crippen molar-refractivity contribution in [3.63, 3.8) is 0 Å². The number of aromatic amines is 1. The molecular formula is C17H23ClN2S. The normalized spacial score (nSPS) is 17.9. The number of H-pyrrole nitrogens is 1. The summed E-state index contributed by atoms with van der Waals surface area (Å²) in [6, 6.07) is 6.00. The van der Waals surface area contributed by atoms with Gasteiger partial charge in [-0.3, -0.25) is 0 Å². The van der Waals surface area contributed by atoms with Gasteiger partial charge in [0.25, 0.3) is 0 Å². The van der Waals surface area contributed by atoms with Crippen molar-refractivity contribution in [1.29, 1.82) is 0 Å². The predicted molar refractivity (Wildman–Crippen MR) is 92.5 cm³/mol. The van der Waals surface area contributed by atoms with E-state index in [0.717, 1.165) is 27.8 Å². The third-order valence-corrected chi connectivity index (χ3v) is 5.29. The van der Waals surface area contributed by atoms with Crippen LogP contribution < -0.4 is 0 Å². The third-order valence-electron chi connectivity index (χ3n) is 4.74. The molecule has 0 amide bonds. The second-order valence-electron chi connectivity index (χ2n) is 6.98. The van der Waals surface area contributed by atoms with E-state index >= 15 is 0 Å². The van der Waals surface area contributed by atoms with E-state index in [1.807, 2.05) is 12.1 Å². The van der Waals surface area contributed by atoms with E-state index in [4.69, 9.17) is 23.8 Å². The molecule has 1 heterocycles. The molecule has 114 valence electrons. The van der Waals surface area contributed by atoms with Crippen LogP contribution in [0.1, 0.15) is 46.0 Å². The predicted octanol–water partition coefficient (Wildman–Crippen LogP) is 5.96. The van der Waals surface area contributed by atoms with Gasteiger partial charge < -0.3 is 9.55 Å². The van der Waals surface area contributed by atoms with Crippen molar-refractivity contribution in [2.45, 2.75) is 52.5 Å². The van der Waals surface area contributed by atoms with Crippen LogP contribution in [0.3, 0.4) is 0 Å². The Hall–Kier alpha value is -0.800. The molecule has 2 nitrogen and oxygen atoms in total. The molecule has 21 heavy (non-hydrogen) atoms. The lowest BCUT2D eigenvalue weighted by Crippen LogP contribution is -2.25. The first-order valence-corrected chi connectivity index (χ1v) is 8.66. The van der Waals surface area contributed by atoms with Crippen molar-refractivity contribution in [2.24, 2.45) is 11.3 Å². The SMILES string of the molecule is CC(C)CC1(Cn2c(=S)[nH]c3cc(Cl)ccc32)CCCC1. The first-order chi connectivity index (χ1) is 9.99. The van der Waals surface area contributed by atoms with Gasteiger partial charge in [0.05, 0.1) is 11.0 Å². The number of rotatable bonds is 4. The lowest BCUT2D eigenvalue weighted by atomic mass is 9.78. The Morgan fingerprint density at radius 1 is 1.33 bits per heavy atom. The Morgan fingerprint density at radius 3 is 2.71 bits per heavy atom. The van der Waals surface area contributed by atoms with Crippen molar-refractivity contribution in [1.82, 2.24) is 9.55 Å². The van der Waals surface area contributed by atoms with Crippen LogP contribution in [-0.4, -0.2) is 9.55 Å². The van der Waals surface area contributed by atoms with Gasteiger partial charge in [0.1, 0.15) is 0 Å². The molecule has 0 spiro atoms. The van der Waals surface area contributed by atoms with Crippen molar-refractivity contribution < 1.29 is 0 Å². The monoisotopic (exact) mass is 322 g/mol. The molecule has 1 aromatic carbocycles. The first-order valence-electron chi connectivity index (χ1n) is 7.87. The smallest absolute Gasteiger partial charge is 0.178 e. The second-order valence-corrected chi connectivity index (χ2v) is 7.81. The van der Waals surface area contributed by atoms with Gasteiger partial charge in [-0.1, -0.05) is 38.3 Å². The van der Waals surface area contributed by atoms with Gasteiger partial charge in [0.15, 0.2) is 4.77 Å². The molecule has 4 heteroatoms. The summed E-state index contributed by atoms with van der Waals surface area (Å²) in [6.45, 7) is 5.69. The Labute approximate surface area is 136 Å². The van der Waals surface area contributed by atoms with Gasteiger partial charge >= 0.3 is 0 Å². The molecule has 2 aromatic rings. The van der Waals surface area contributed by atoms with Crippen molar-refractivity contribution in [3.8, 4) is 0 Å². The lowest BCUT2D eigenvalue weighted by molar-refractivity contribution is 0.198. The van der Waals surface area contributed by atoms with Crippen molar-refractivity contribution in [3.05, 3.63) is 28.0 Å². The van der Waals surface area contributed by atoms with Gasteiger partial charge in [-0.2, -0.15) is 0 Å². The van der Waals surface area contributed by atoms with Crippen LogP contribution in [-0.2, 0) is 6.54 Å². The summed E-state index contributed by atoms with van der Waals surface area (Å²) in [5.41, 5.74) is 2.64. The van der Waals surface area contributed by atoms with Gasteiger partial charge in [-0.25, -0.2) is 0 Å². The highest BCUT2D eigenvalue weighted by atomic mass is 35.5. The highest BCUT2D eigenvalue weighted by molar-refractivity contribution is 7.71. The fourth-order valence-electron chi connectivity index (χ4n) is 4.05. The minimum Gasteiger partial charge on any atom is -0.331 e. The van der Waals surface area contributed by atoms with E-state index in [0.29, 0.717) is 5.41 Å². The first kappa shape index (κ1) is 15.1. The van der Waals surface area contributed by atoms with Crippen LogP contribution in [0.5, 0.6) is 0 Å². The van der Waals surface area contributed by atoms with E-state index in [2.05, 4.69) is 29.5 Å². The molecule has 1 saturated carbocycles. The number of hydrogen-bond acceptors (Lipinski definition) is 1. The van der Waals surface area contributed by atoms with Crippen molar-refractivity contribution >= 4 is 34.9 Å². The second kappa shape index (κ2) is 5.77. The van der Waals surface area contributed by atoms with Gasteiger partial charge in [-0.15, -0.1) is 0 Å². The van der Waals surface area contributed by atoms with Gasteiger partial charge in [-0.05, 0) is 61.0 Å².